The normalized spacial score (nSPS) is 18.1. The minimum Gasteiger partial charge on any atom is -0.383 e. The number of amides is 1. The molecule has 3 N–H and O–H groups in total. The van der Waals surface area contributed by atoms with Gasteiger partial charge in [0.05, 0.1) is 23.3 Å². The van der Waals surface area contributed by atoms with Gasteiger partial charge in [0, 0.05) is 22.4 Å². The van der Waals surface area contributed by atoms with Crippen molar-refractivity contribution in [2.45, 2.75) is 44.1 Å². The van der Waals surface area contributed by atoms with E-state index in [1.54, 1.807) is 11.3 Å². The fraction of sp³-hybridized carbons (Fsp3) is 0.292. The van der Waals surface area contributed by atoms with Gasteiger partial charge >= 0.3 is 0 Å². The quantitative estimate of drug-likeness (QED) is 0.304. The van der Waals surface area contributed by atoms with Crippen LogP contribution in [0.1, 0.15) is 30.7 Å². The Hall–Kier alpha value is -2.68. The van der Waals surface area contributed by atoms with E-state index in [2.05, 4.69) is 24.1 Å². The average molecular weight is 465 g/mol. The molecular formula is C24H24N4O2S2. The largest absolute Gasteiger partial charge is 0.383 e. The summed E-state index contributed by atoms with van der Waals surface area (Å²) in [6.07, 6.45) is 1.75. The van der Waals surface area contributed by atoms with Crippen molar-refractivity contribution in [2.24, 2.45) is 0 Å². The van der Waals surface area contributed by atoms with Crippen LogP contribution in [0, 0.1) is 0 Å². The predicted molar refractivity (Wildman–Crippen MR) is 132 cm³/mol. The number of carbonyl (C=O) groups excluding carboxylic acids is 1. The third-order valence-corrected chi connectivity index (χ3v) is 7.93. The SMILES string of the molecule is CC[C@@]1(C)Cc2c(sc3nc(SCC(=O)Nc4cccc5ccccc45)nc(N)c23)CO1. The number of nitrogens with two attached hydrogens (primary N) is 1. The second-order valence-corrected chi connectivity index (χ2v) is 10.2. The summed E-state index contributed by atoms with van der Waals surface area (Å²) in [5.74, 6) is 0.576. The fourth-order valence-corrected chi connectivity index (χ4v) is 5.84. The fourth-order valence-electron chi connectivity index (χ4n) is 4.02. The zero-order valence-corrected chi connectivity index (χ0v) is 19.6. The van der Waals surface area contributed by atoms with Gasteiger partial charge in [0.2, 0.25) is 5.91 Å². The number of thioether (sulfide) groups is 1. The Kier molecular flexibility index (Phi) is 5.53. The Bertz CT molecular complexity index is 1330. The number of nitrogens with one attached hydrogen (secondary N) is 1. The molecule has 1 atom stereocenters. The minimum atomic E-state index is -0.180. The first kappa shape index (κ1) is 21.2. The molecule has 0 bridgehead atoms. The number of aromatic nitrogens is 2. The van der Waals surface area contributed by atoms with Gasteiger partial charge in [-0.1, -0.05) is 55.1 Å². The van der Waals surface area contributed by atoms with E-state index in [-0.39, 0.29) is 17.3 Å². The Morgan fingerprint density at radius 3 is 2.91 bits per heavy atom. The van der Waals surface area contributed by atoms with Crippen LogP contribution >= 0.6 is 23.1 Å². The van der Waals surface area contributed by atoms with Crippen LogP contribution in [0.5, 0.6) is 0 Å². The van der Waals surface area contributed by atoms with Crippen LogP contribution in [0.15, 0.2) is 47.6 Å². The molecule has 3 heterocycles. The van der Waals surface area contributed by atoms with E-state index in [1.807, 2.05) is 42.5 Å². The number of nitrogens with zero attached hydrogens (tertiary/aromatic N) is 2. The second-order valence-electron chi connectivity index (χ2n) is 8.21. The van der Waals surface area contributed by atoms with E-state index >= 15 is 0 Å². The third kappa shape index (κ3) is 3.94. The summed E-state index contributed by atoms with van der Waals surface area (Å²) < 4.78 is 6.07. The molecule has 0 spiro atoms. The number of ether oxygens (including phenoxy) is 1. The lowest BCUT2D eigenvalue weighted by Crippen LogP contribution is -2.33. The van der Waals surface area contributed by atoms with E-state index in [0.29, 0.717) is 17.6 Å². The van der Waals surface area contributed by atoms with Crippen molar-refractivity contribution < 1.29 is 9.53 Å². The first-order valence-corrected chi connectivity index (χ1v) is 12.4. The monoisotopic (exact) mass is 464 g/mol. The van der Waals surface area contributed by atoms with E-state index in [4.69, 9.17) is 15.5 Å². The van der Waals surface area contributed by atoms with Crippen molar-refractivity contribution in [3.8, 4) is 0 Å². The Labute approximate surface area is 194 Å². The molecule has 1 aliphatic heterocycles. The van der Waals surface area contributed by atoms with Gasteiger partial charge in [-0.05, 0) is 30.4 Å². The highest BCUT2D eigenvalue weighted by Gasteiger charge is 2.33. The molecule has 0 unspecified atom stereocenters. The molecule has 6 nitrogen and oxygen atoms in total. The third-order valence-electron chi connectivity index (χ3n) is 5.99. The number of rotatable bonds is 5. The number of carbonyl (C=O) groups is 1. The summed E-state index contributed by atoms with van der Waals surface area (Å²) in [7, 11) is 0. The van der Waals surface area contributed by atoms with Gasteiger partial charge in [-0.3, -0.25) is 4.79 Å². The summed E-state index contributed by atoms with van der Waals surface area (Å²) in [6.45, 7) is 4.85. The molecule has 4 aromatic rings. The van der Waals surface area contributed by atoms with E-state index in [9.17, 15) is 4.79 Å². The zero-order valence-electron chi connectivity index (χ0n) is 18.0. The number of hydrogen-bond donors (Lipinski definition) is 2. The van der Waals surface area contributed by atoms with Crippen molar-refractivity contribution in [1.29, 1.82) is 0 Å². The predicted octanol–water partition coefficient (Wildman–Crippen LogP) is 5.40. The highest BCUT2D eigenvalue weighted by Crippen LogP contribution is 2.41. The summed E-state index contributed by atoms with van der Waals surface area (Å²) >= 11 is 2.90. The van der Waals surface area contributed by atoms with Crippen LogP contribution in [0.25, 0.3) is 21.0 Å². The smallest absolute Gasteiger partial charge is 0.234 e. The first-order valence-electron chi connectivity index (χ1n) is 10.6. The molecule has 0 saturated carbocycles. The number of nitrogen functional groups attached to an aromatic ring is 1. The molecule has 1 amide bonds. The van der Waals surface area contributed by atoms with Gasteiger partial charge in [-0.2, -0.15) is 0 Å². The van der Waals surface area contributed by atoms with Crippen molar-refractivity contribution in [1.82, 2.24) is 9.97 Å². The number of thiophene rings is 1. The molecule has 32 heavy (non-hydrogen) atoms. The summed E-state index contributed by atoms with van der Waals surface area (Å²) in [5.41, 5.74) is 8.18. The van der Waals surface area contributed by atoms with Gasteiger partial charge in [0.25, 0.3) is 0 Å². The van der Waals surface area contributed by atoms with Crippen molar-refractivity contribution in [3.63, 3.8) is 0 Å². The second kappa shape index (κ2) is 8.35. The number of hydrogen-bond acceptors (Lipinski definition) is 7. The lowest BCUT2D eigenvalue weighted by atomic mass is 9.90. The molecule has 1 aliphatic rings. The van der Waals surface area contributed by atoms with Crippen molar-refractivity contribution >= 4 is 61.5 Å². The van der Waals surface area contributed by atoms with Crippen LogP contribution in [-0.4, -0.2) is 27.2 Å². The summed E-state index contributed by atoms with van der Waals surface area (Å²) in [6, 6.07) is 13.9. The highest BCUT2D eigenvalue weighted by molar-refractivity contribution is 7.99. The molecule has 0 fully saturated rings. The van der Waals surface area contributed by atoms with Gasteiger partial charge in [0.15, 0.2) is 5.16 Å². The van der Waals surface area contributed by atoms with Gasteiger partial charge in [-0.25, -0.2) is 9.97 Å². The number of fused-ring (bicyclic) bond motifs is 4. The first-order chi connectivity index (χ1) is 15.5. The molecule has 164 valence electrons. The van der Waals surface area contributed by atoms with Crippen molar-refractivity contribution in [3.05, 3.63) is 52.9 Å². The van der Waals surface area contributed by atoms with Crippen molar-refractivity contribution in [2.75, 3.05) is 16.8 Å². The van der Waals surface area contributed by atoms with E-state index in [1.165, 1.54) is 22.2 Å². The summed E-state index contributed by atoms with van der Waals surface area (Å²) in [5, 5.41) is 6.56. The zero-order chi connectivity index (χ0) is 22.3. The van der Waals surface area contributed by atoms with Gasteiger partial charge in [-0.15, -0.1) is 11.3 Å². The molecule has 0 aliphatic carbocycles. The van der Waals surface area contributed by atoms with Crippen LogP contribution in [0.3, 0.4) is 0 Å². The molecule has 0 saturated heterocycles. The van der Waals surface area contributed by atoms with Gasteiger partial charge < -0.3 is 15.8 Å². The molecule has 2 aromatic heterocycles. The Balaban J connectivity index is 1.33. The summed E-state index contributed by atoms with van der Waals surface area (Å²) in [4.78, 5) is 23.8. The molecule has 0 radical (unpaired) electrons. The maximum Gasteiger partial charge on any atom is 0.234 e. The average Bonchev–Trinajstić information content (AvgIpc) is 3.16. The lowest BCUT2D eigenvalue weighted by Gasteiger charge is -2.33. The molecule has 8 heteroatoms. The van der Waals surface area contributed by atoms with Crippen LogP contribution < -0.4 is 11.1 Å². The molecular weight excluding hydrogens is 440 g/mol. The highest BCUT2D eigenvalue weighted by atomic mass is 32.2. The minimum absolute atomic E-state index is 0.105. The number of anilines is 2. The lowest BCUT2D eigenvalue weighted by molar-refractivity contribution is -0.113. The Morgan fingerprint density at radius 1 is 1.25 bits per heavy atom. The molecule has 5 rings (SSSR count). The molecule has 2 aromatic carbocycles. The Morgan fingerprint density at radius 2 is 2.06 bits per heavy atom. The van der Waals surface area contributed by atoms with Crippen LogP contribution in [0.4, 0.5) is 11.5 Å². The van der Waals surface area contributed by atoms with E-state index < -0.39 is 0 Å². The van der Waals surface area contributed by atoms with E-state index in [0.717, 1.165) is 39.5 Å². The maximum absolute atomic E-state index is 12.6. The topological polar surface area (TPSA) is 90.1 Å². The maximum atomic E-state index is 12.6. The standard InChI is InChI=1S/C24H24N4O2S2/c1-3-24(2)11-16-18(12-30-24)32-22-20(16)21(25)27-23(28-22)31-13-19(29)26-17-10-6-8-14-7-4-5-9-15(14)17/h4-10H,3,11-13H2,1-2H3,(H,26,29)(H2,25,27,28)/t24-/m0/s1. The number of benzene rings is 2. The van der Waals surface area contributed by atoms with Gasteiger partial charge in [0.1, 0.15) is 10.6 Å². The van der Waals surface area contributed by atoms with Crippen LogP contribution in [0.2, 0.25) is 0 Å². The van der Waals surface area contributed by atoms with Crippen LogP contribution in [-0.2, 0) is 22.6 Å².